The summed E-state index contributed by atoms with van der Waals surface area (Å²) in [5.41, 5.74) is 1.16. The second-order valence-electron chi connectivity index (χ2n) is 5.46. The van der Waals surface area contributed by atoms with Crippen LogP contribution in [0.2, 0.25) is 5.02 Å². The van der Waals surface area contributed by atoms with Crippen LogP contribution in [-0.4, -0.2) is 33.2 Å². The molecule has 0 radical (unpaired) electrons. The van der Waals surface area contributed by atoms with E-state index in [2.05, 4.69) is 5.32 Å². The number of amides is 1. The number of nitrogens with zero attached hydrogens (tertiary/aromatic N) is 1. The molecule has 5 nitrogen and oxygen atoms in total. The van der Waals surface area contributed by atoms with Crippen molar-refractivity contribution in [1.29, 1.82) is 0 Å². The summed E-state index contributed by atoms with van der Waals surface area (Å²) >= 11 is 5.95. The first-order valence-electron chi connectivity index (χ1n) is 7.18. The van der Waals surface area contributed by atoms with Gasteiger partial charge in [0, 0.05) is 11.1 Å². The third kappa shape index (κ3) is 5.50. The molecule has 0 saturated carbocycles. The Kier molecular flexibility index (Phi) is 6.68. The van der Waals surface area contributed by atoms with Crippen LogP contribution >= 0.6 is 11.6 Å². The summed E-state index contributed by atoms with van der Waals surface area (Å²) in [6.45, 7) is 5.45. The van der Waals surface area contributed by atoms with E-state index in [9.17, 15) is 13.2 Å². The zero-order chi connectivity index (χ0) is 16.9. The van der Waals surface area contributed by atoms with Gasteiger partial charge in [-0.05, 0) is 38.0 Å². The fourth-order valence-corrected chi connectivity index (χ4v) is 3.26. The predicted octanol–water partition coefficient (Wildman–Crippen LogP) is 2.72. The molecule has 1 amide bonds. The molecule has 1 N–H and O–H groups in total. The van der Waals surface area contributed by atoms with Crippen molar-refractivity contribution in [3.63, 3.8) is 0 Å². The highest BCUT2D eigenvalue weighted by atomic mass is 35.5. The normalized spacial score (nSPS) is 12.8. The Labute approximate surface area is 137 Å². The minimum Gasteiger partial charge on any atom is -0.352 e. The average Bonchev–Trinajstić information content (AvgIpc) is 2.38. The van der Waals surface area contributed by atoms with E-state index < -0.39 is 10.0 Å². The monoisotopic (exact) mass is 346 g/mol. The largest absolute Gasteiger partial charge is 0.352 e. The lowest BCUT2D eigenvalue weighted by Gasteiger charge is -2.24. The smallest absolute Gasteiger partial charge is 0.240 e. The molecule has 0 aliphatic carbocycles. The zero-order valence-corrected chi connectivity index (χ0v) is 15.0. The zero-order valence-electron chi connectivity index (χ0n) is 13.4. The number of nitrogens with one attached hydrogen (secondary N) is 1. The van der Waals surface area contributed by atoms with Crippen LogP contribution in [0.1, 0.15) is 32.3 Å². The second kappa shape index (κ2) is 7.83. The Morgan fingerprint density at radius 2 is 2.05 bits per heavy atom. The fourth-order valence-electron chi connectivity index (χ4n) is 2.19. The standard InChI is InChI=1S/C15H23ClN2O3S/c1-5-6-12(3)17-15(19)10-18(22(4,20)21)14-9-13(16)8-7-11(14)2/h7-9,12H,5-6,10H2,1-4H3,(H,17,19)/t12-/m1/s1. The molecule has 1 aromatic carbocycles. The highest BCUT2D eigenvalue weighted by Crippen LogP contribution is 2.26. The van der Waals surface area contributed by atoms with Gasteiger partial charge >= 0.3 is 0 Å². The van der Waals surface area contributed by atoms with E-state index in [4.69, 9.17) is 11.6 Å². The lowest BCUT2D eigenvalue weighted by Crippen LogP contribution is -2.43. The van der Waals surface area contributed by atoms with E-state index in [1.54, 1.807) is 25.1 Å². The van der Waals surface area contributed by atoms with Gasteiger partial charge in [-0.15, -0.1) is 0 Å². The summed E-state index contributed by atoms with van der Waals surface area (Å²) in [4.78, 5) is 12.1. The van der Waals surface area contributed by atoms with E-state index in [0.717, 1.165) is 29.0 Å². The summed E-state index contributed by atoms with van der Waals surface area (Å²) < 4.78 is 25.2. The molecule has 0 aromatic heterocycles. The van der Waals surface area contributed by atoms with Crippen molar-refractivity contribution in [2.45, 2.75) is 39.7 Å². The van der Waals surface area contributed by atoms with Crippen LogP contribution in [0.3, 0.4) is 0 Å². The Bertz CT molecular complexity index is 632. The van der Waals surface area contributed by atoms with E-state index in [1.807, 2.05) is 13.8 Å². The summed E-state index contributed by atoms with van der Waals surface area (Å²) in [5.74, 6) is -0.328. The highest BCUT2D eigenvalue weighted by Gasteiger charge is 2.23. The van der Waals surface area contributed by atoms with Crippen LogP contribution in [0.15, 0.2) is 18.2 Å². The van der Waals surface area contributed by atoms with Gasteiger partial charge in [0.25, 0.3) is 0 Å². The summed E-state index contributed by atoms with van der Waals surface area (Å²) in [5, 5.41) is 3.23. The predicted molar refractivity (Wildman–Crippen MR) is 90.9 cm³/mol. The minimum atomic E-state index is -3.59. The molecule has 22 heavy (non-hydrogen) atoms. The average molecular weight is 347 g/mol. The van der Waals surface area contributed by atoms with Crippen LogP contribution in [0.5, 0.6) is 0 Å². The minimum absolute atomic E-state index is 0.0133. The number of halogens is 1. The van der Waals surface area contributed by atoms with Crippen molar-refractivity contribution in [1.82, 2.24) is 5.32 Å². The van der Waals surface area contributed by atoms with E-state index in [-0.39, 0.29) is 18.5 Å². The van der Waals surface area contributed by atoms with E-state index >= 15 is 0 Å². The molecule has 1 rings (SSSR count). The molecule has 0 heterocycles. The summed E-state index contributed by atoms with van der Waals surface area (Å²) in [6, 6.07) is 4.98. The molecule has 0 aliphatic heterocycles. The SMILES string of the molecule is CCC[C@@H](C)NC(=O)CN(c1cc(Cl)ccc1C)S(C)(=O)=O. The van der Waals surface area contributed by atoms with Gasteiger partial charge in [-0.1, -0.05) is 31.0 Å². The third-order valence-corrected chi connectivity index (χ3v) is 4.62. The molecule has 0 unspecified atom stereocenters. The van der Waals surface area contributed by atoms with Crippen molar-refractivity contribution < 1.29 is 13.2 Å². The maximum absolute atomic E-state index is 12.1. The lowest BCUT2D eigenvalue weighted by atomic mass is 10.2. The van der Waals surface area contributed by atoms with Crippen molar-refractivity contribution in [2.75, 3.05) is 17.1 Å². The molecule has 0 aliphatic rings. The molecule has 1 aromatic rings. The Balaban J connectivity index is 3.01. The number of benzene rings is 1. The fraction of sp³-hybridized carbons (Fsp3) is 0.533. The first-order chi connectivity index (χ1) is 10.1. The number of carbonyl (C=O) groups excluding carboxylic acids is 1. The molecule has 1 atom stereocenters. The number of anilines is 1. The Hall–Kier alpha value is -1.27. The summed E-state index contributed by atoms with van der Waals surface area (Å²) in [6.07, 6.45) is 2.88. The van der Waals surface area contributed by atoms with Crippen LogP contribution in [0.4, 0.5) is 5.69 Å². The number of sulfonamides is 1. The second-order valence-corrected chi connectivity index (χ2v) is 7.80. The van der Waals surface area contributed by atoms with Crippen molar-refractivity contribution in [3.05, 3.63) is 28.8 Å². The first kappa shape index (κ1) is 18.8. The Morgan fingerprint density at radius 1 is 1.41 bits per heavy atom. The van der Waals surface area contributed by atoms with Crippen molar-refractivity contribution in [3.8, 4) is 0 Å². The van der Waals surface area contributed by atoms with Crippen molar-refractivity contribution >= 4 is 33.2 Å². The van der Waals surface area contributed by atoms with Gasteiger partial charge in [0.15, 0.2) is 0 Å². The molecule has 7 heteroatoms. The Morgan fingerprint density at radius 3 is 2.59 bits per heavy atom. The van der Waals surface area contributed by atoms with Gasteiger partial charge < -0.3 is 5.32 Å². The van der Waals surface area contributed by atoms with Gasteiger partial charge in [0.05, 0.1) is 11.9 Å². The van der Waals surface area contributed by atoms with Crippen LogP contribution < -0.4 is 9.62 Å². The first-order valence-corrected chi connectivity index (χ1v) is 9.41. The number of aryl methyl sites for hydroxylation is 1. The molecule has 0 fully saturated rings. The summed E-state index contributed by atoms with van der Waals surface area (Å²) in [7, 11) is -3.59. The van der Waals surface area contributed by atoms with Gasteiger partial charge in [-0.3, -0.25) is 9.10 Å². The third-order valence-electron chi connectivity index (χ3n) is 3.26. The lowest BCUT2D eigenvalue weighted by molar-refractivity contribution is -0.120. The molecular weight excluding hydrogens is 324 g/mol. The van der Waals surface area contributed by atoms with Crippen LogP contribution in [0.25, 0.3) is 0 Å². The number of hydrogen-bond donors (Lipinski definition) is 1. The maximum Gasteiger partial charge on any atom is 0.240 e. The highest BCUT2D eigenvalue weighted by molar-refractivity contribution is 7.92. The maximum atomic E-state index is 12.1. The van der Waals surface area contributed by atoms with Gasteiger partial charge in [-0.2, -0.15) is 0 Å². The van der Waals surface area contributed by atoms with Gasteiger partial charge in [0.2, 0.25) is 15.9 Å². The molecule has 0 spiro atoms. The topological polar surface area (TPSA) is 66.5 Å². The molecule has 124 valence electrons. The van der Waals surface area contributed by atoms with E-state index in [1.165, 1.54) is 0 Å². The number of carbonyl (C=O) groups is 1. The molecule has 0 saturated heterocycles. The number of rotatable bonds is 7. The quantitative estimate of drug-likeness (QED) is 0.825. The number of hydrogen-bond acceptors (Lipinski definition) is 3. The molecule has 0 bridgehead atoms. The molecular formula is C15H23ClN2O3S. The van der Waals surface area contributed by atoms with E-state index in [0.29, 0.717) is 10.7 Å². The van der Waals surface area contributed by atoms with Crippen LogP contribution in [0, 0.1) is 6.92 Å². The van der Waals surface area contributed by atoms with Gasteiger partial charge in [-0.25, -0.2) is 8.42 Å². The van der Waals surface area contributed by atoms with Crippen LogP contribution in [-0.2, 0) is 14.8 Å². The van der Waals surface area contributed by atoms with Crippen molar-refractivity contribution in [2.24, 2.45) is 0 Å². The van der Waals surface area contributed by atoms with Gasteiger partial charge in [0.1, 0.15) is 6.54 Å².